The standard InChI is InChI=1S/C16H17NO4/c1-10-11(2)21-15(12-7-5-4-6-8-12)14(10)16(20)17(3)9-13(18)19/h4-8H,9H2,1-3H3,(H,18,19). The van der Waals surface area contributed by atoms with Gasteiger partial charge in [0.1, 0.15) is 18.1 Å². The van der Waals surface area contributed by atoms with E-state index in [1.54, 1.807) is 13.8 Å². The van der Waals surface area contributed by atoms with Crippen molar-refractivity contribution in [1.82, 2.24) is 4.90 Å². The van der Waals surface area contributed by atoms with Crippen LogP contribution >= 0.6 is 0 Å². The fourth-order valence-electron chi connectivity index (χ4n) is 2.14. The predicted octanol–water partition coefficient (Wildman–Crippen LogP) is 2.72. The van der Waals surface area contributed by atoms with E-state index in [4.69, 9.17) is 9.52 Å². The van der Waals surface area contributed by atoms with Crippen molar-refractivity contribution >= 4 is 11.9 Å². The van der Waals surface area contributed by atoms with Gasteiger partial charge in [-0.05, 0) is 13.8 Å². The van der Waals surface area contributed by atoms with Gasteiger partial charge >= 0.3 is 5.97 Å². The number of rotatable bonds is 4. The second-order valence-corrected chi connectivity index (χ2v) is 4.91. The van der Waals surface area contributed by atoms with Crippen molar-refractivity contribution in [2.75, 3.05) is 13.6 Å². The largest absolute Gasteiger partial charge is 0.480 e. The number of likely N-dealkylation sites (N-methyl/N-ethyl adjacent to an activating group) is 1. The normalized spacial score (nSPS) is 10.4. The molecule has 1 aromatic heterocycles. The van der Waals surface area contributed by atoms with Crippen LogP contribution in [0.1, 0.15) is 21.7 Å². The number of carbonyl (C=O) groups excluding carboxylic acids is 1. The molecule has 0 aliphatic heterocycles. The van der Waals surface area contributed by atoms with E-state index in [0.717, 1.165) is 11.1 Å². The first-order valence-corrected chi connectivity index (χ1v) is 6.54. The Balaban J connectivity index is 2.48. The fourth-order valence-corrected chi connectivity index (χ4v) is 2.14. The molecular weight excluding hydrogens is 270 g/mol. The minimum absolute atomic E-state index is 0.350. The summed E-state index contributed by atoms with van der Waals surface area (Å²) in [5.41, 5.74) is 1.94. The number of hydrogen-bond donors (Lipinski definition) is 1. The molecule has 0 bridgehead atoms. The van der Waals surface area contributed by atoms with Gasteiger partial charge < -0.3 is 14.4 Å². The van der Waals surface area contributed by atoms with Gasteiger partial charge in [-0.1, -0.05) is 30.3 Å². The van der Waals surface area contributed by atoms with Gasteiger partial charge in [-0.15, -0.1) is 0 Å². The van der Waals surface area contributed by atoms with Crippen LogP contribution in [0.5, 0.6) is 0 Å². The molecule has 5 nitrogen and oxygen atoms in total. The van der Waals surface area contributed by atoms with E-state index in [2.05, 4.69) is 0 Å². The van der Waals surface area contributed by atoms with Crippen LogP contribution in [-0.2, 0) is 4.79 Å². The third-order valence-electron chi connectivity index (χ3n) is 3.35. The smallest absolute Gasteiger partial charge is 0.323 e. The number of hydrogen-bond acceptors (Lipinski definition) is 3. The molecule has 2 aromatic rings. The van der Waals surface area contributed by atoms with Gasteiger partial charge in [0.25, 0.3) is 5.91 Å². The Hall–Kier alpha value is -2.56. The summed E-state index contributed by atoms with van der Waals surface area (Å²) in [6.45, 7) is 3.24. The summed E-state index contributed by atoms with van der Waals surface area (Å²) in [5.74, 6) is -0.274. The molecule has 0 saturated heterocycles. The van der Waals surface area contributed by atoms with E-state index in [9.17, 15) is 9.59 Å². The summed E-state index contributed by atoms with van der Waals surface area (Å²) in [7, 11) is 1.47. The van der Waals surface area contributed by atoms with Crippen LogP contribution < -0.4 is 0 Å². The van der Waals surface area contributed by atoms with Crippen LogP contribution in [0.2, 0.25) is 0 Å². The predicted molar refractivity (Wildman–Crippen MR) is 78.2 cm³/mol. The Morgan fingerprint density at radius 3 is 2.38 bits per heavy atom. The molecule has 0 aliphatic rings. The molecule has 110 valence electrons. The lowest BCUT2D eigenvalue weighted by atomic mass is 10.0. The minimum atomic E-state index is -1.05. The van der Waals surface area contributed by atoms with Crippen molar-refractivity contribution in [3.05, 3.63) is 47.2 Å². The SMILES string of the molecule is Cc1oc(-c2ccccc2)c(C(=O)N(C)CC(=O)O)c1C. The number of carbonyl (C=O) groups is 2. The van der Waals surface area contributed by atoms with Crippen LogP contribution in [-0.4, -0.2) is 35.5 Å². The van der Waals surface area contributed by atoms with E-state index in [1.807, 2.05) is 30.3 Å². The molecule has 1 N–H and O–H groups in total. The van der Waals surface area contributed by atoms with Crippen LogP contribution in [0, 0.1) is 13.8 Å². The highest BCUT2D eigenvalue weighted by atomic mass is 16.4. The Kier molecular flexibility index (Phi) is 4.12. The Morgan fingerprint density at radius 1 is 1.19 bits per heavy atom. The lowest BCUT2D eigenvalue weighted by molar-refractivity contribution is -0.137. The number of aryl methyl sites for hydroxylation is 1. The molecule has 0 aliphatic carbocycles. The summed E-state index contributed by atoms with van der Waals surface area (Å²) in [4.78, 5) is 24.5. The highest BCUT2D eigenvalue weighted by molar-refractivity contribution is 6.02. The fraction of sp³-hybridized carbons (Fsp3) is 0.250. The lowest BCUT2D eigenvalue weighted by Gasteiger charge is -2.15. The lowest BCUT2D eigenvalue weighted by Crippen LogP contribution is -2.32. The molecule has 21 heavy (non-hydrogen) atoms. The zero-order valence-corrected chi connectivity index (χ0v) is 12.2. The van der Waals surface area contributed by atoms with Crippen molar-refractivity contribution in [3.63, 3.8) is 0 Å². The van der Waals surface area contributed by atoms with Crippen LogP contribution in [0.4, 0.5) is 0 Å². The van der Waals surface area contributed by atoms with E-state index in [-0.39, 0.29) is 12.5 Å². The van der Waals surface area contributed by atoms with E-state index < -0.39 is 5.97 Å². The van der Waals surface area contributed by atoms with Crippen molar-refractivity contribution < 1.29 is 19.1 Å². The first-order valence-electron chi connectivity index (χ1n) is 6.54. The number of nitrogens with zero attached hydrogens (tertiary/aromatic N) is 1. The van der Waals surface area contributed by atoms with Crippen molar-refractivity contribution in [1.29, 1.82) is 0 Å². The van der Waals surface area contributed by atoms with Crippen molar-refractivity contribution in [3.8, 4) is 11.3 Å². The molecule has 0 unspecified atom stereocenters. The maximum atomic E-state index is 12.5. The van der Waals surface area contributed by atoms with E-state index >= 15 is 0 Å². The van der Waals surface area contributed by atoms with Crippen molar-refractivity contribution in [2.45, 2.75) is 13.8 Å². The second-order valence-electron chi connectivity index (χ2n) is 4.91. The number of benzene rings is 1. The van der Waals surface area contributed by atoms with Gasteiger partial charge in [-0.2, -0.15) is 0 Å². The highest BCUT2D eigenvalue weighted by Gasteiger charge is 2.25. The van der Waals surface area contributed by atoms with Crippen LogP contribution in [0.3, 0.4) is 0 Å². The summed E-state index contributed by atoms with van der Waals surface area (Å²) >= 11 is 0. The summed E-state index contributed by atoms with van der Waals surface area (Å²) < 4.78 is 5.71. The third-order valence-corrected chi connectivity index (χ3v) is 3.35. The number of aliphatic carboxylic acids is 1. The van der Waals surface area contributed by atoms with Gasteiger partial charge in [0.2, 0.25) is 0 Å². The first kappa shape index (κ1) is 14.8. The molecular formula is C16H17NO4. The van der Waals surface area contributed by atoms with Gasteiger partial charge in [-0.25, -0.2) is 0 Å². The zero-order chi connectivity index (χ0) is 15.6. The van der Waals surface area contributed by atoms with Gasteiger partial charge in [0, 0.05) is 18.2 Å². The monoisotopic (exact) mass is 287 g/mol. The third kappa shape index (κ3) is 2.97. The van der Waals surface area contributed by atoms with Crippen LogP contribution in [0.25, 0.3) is 11.3 Å². The Morgan fingerprint density at radius 2 is 1.81 bits per heavy atom. The summed E-state index contributed by atoms with van der Waals surface area (Å²) in [5, 5.41) is 8.82. The molecule has 0 radical (unpaired) electrons. The molecule has 0 fully saturated rings. The highest BCUT2D eigenvalue weighted by Crippen LogP contribution is 2.31. The Bertz CT molecular complexity index is 673. The number of amides is 1. The Labute approximate surface area is 122 Å². The van der Waals surface area contributed by atoms with Crippen molar-refractivity contribution in [2.24, 2.45) is 0 Å². The number of carboxylic acids is 1. The average Bonchev–Trinajstić information content (AvgIpc) is 2.74. The molecule has 1 aromatic carbocycles. The minimum Gasteiger partial charge on any atom is -0.480 e. The maximum absolute atomic E-state index is 12.5. The molecule has 5 heteroatoms. The topological polar surface area (TPSA) is 70.8 Å². The first-order chi connectivity index (χ1) is 9.91. The van der Waals surface area contributed by atoms with E-state index in [1.165, 1.54) is 11.9 Å². The second kappa shape index (κ2) is 5.83. The molecule has 1 heterocycles. The summed E-state index contributed by atoms with van der Waals surface area (Å²) in [6.07, 6.45) is 0. The average molecular weight is 287 g/mol. The van der Waals surface area contributed by atoms with Crippen LogP contribution in [0.15, 0.2) is 34.7 Å². The van der Waals surface area contributed by atoms with Gasteiger partial charge in [0.15, 0.2) is 0 Å². The number of carboxylic acid groups (broad SMARTS) is 1. The quantitative estimate of drug-likeness (QED) is 0.938. The van der Waals surface area contributed by atoms with Gasteiger partial charge in [-0.3, -0.25) is 9.59 Å². The van der Waals surface area contributed by atoms with E-state index in [0.29, 0.717) is 17.1 Å². The zero-order valence-electron chi connectivity index (χ0n) is 12.2. The summed E-state index contributed by atoms with van der Waals surface area (Å²) in [6, 6.07) is 9.30. The molecule has 1 amide bonds. The molecule has 0 spiro atoms. The maximum Gasteiger partial charge on any atom is 0.323 e. The molecule has 0 atom stereocenters. The molecule has 2 rings (SSSR count). The molecule has 0 saturated carbocycles. The van der Waals surface area contributed by atoms with Gasteiger partial charge in [0.05, 0.1) is 5.56 Å². The number of furan rings is 1.